The zero-order valence-corrected chi connectivity index (χ0v) is 17.3. The number of carbonyl (C=O) groups excluding carboxylic acids is 1. The number of furan rings is 1. The van der Waals surface area contributed by atoms with E-state index < -0.39 is 0 Å². The molecule has 0 bridgehead atoms. The number of nitrogens with zero attached hydrogens (tertiary/aromatic N) is 3. The Kier molecular flexibility index (Phi) is 7.65. The molecule has 3 aromatic rings. The highest BCUT2D eigenvalue weighted by atomic mass is 35.5. The van der Waals surface area contributed by atoms with Crippen LogP contribution in [0.5, 0.6) is 5.75 Å². The molecule has 0 spiro atoms. The summed E-state index contributed by atoms with van der Waals surface area (Å²) in [5.74, 6) is 0.885. The van der Waals surface area contributed by atoms with Crippen molar-refractivity contribution in [2.45, 2.75) is 13.3 Å². The quantitative estimate of drug-likeness (QED) is 0.554. The van der Waals surface area contributed by atoms with Crippen LogP contribution in [-0.2, 0) is 0 Å². The van der Waals surface area contributed by atoms with Crippen molar-refractivity contribution in [3.8, 4) is 5.75 Å². The molecule has 2 heterocycles. The Hall–Kier alpha value is -2.09. The fourth-order valence-corrected chi connectivity index (χ4v) is 3.67. The van der Waals surface area contributed by atoms with Crippen molar-refractivity contribution in [1.29, 1.82) is 0 Å². The number of rotatable bonds is 8. The van der Waals surface area contributed by atoms with E-state index in [2.05, 4.69) is 4.90 Å². The fraction of sp³-hybridized carbons (Fsp3) is 0.368. The van der Waals surface area contributed by atoms with Gasteiger partial charge in [0.2, 0.25) is 0 Å². The summed E-state index contributed by atoms with van der Waals surface area (Å²) in [6, 6.07) is 9.24. The van der Waals surface area contributed by atoms with Crippen molar-refractivity contribution in [3.05, 3.63) is 42.4 Å². The molecule has 27 heavy (non-hydrogen) atoms. The average Bonchev–Trinajstić information content (AvgIpc) is 3.28. The van der Waals surface area contributed by atoms with Crippen molar-refractivity contribution < 1.29 is 13.9 Å². The van der Waals surface area contributed by atoms with Crippen molar-refractivity contribution >= 4 is 45.0 Å². The second kappa shape index (κ2) is 9.73. The van der Waals surface area contributed by atoms with E-state index >= 15 is 0 Å². The number of aromatic nitrogens is 1. The topological polar surface area (TPSA) is 58.8 Å². The van der Waals surface area contributed by atoms with E-state index in [0.29, 0.717) is 24.0 Å². The zero-order chi connectivity index (χ0) is 18.5. The molecule has 3 rings (SSSR count). The second-order valence-corrected chi connectivity index (χ2v) is 7.13. The number of ether oxygens (including phenoxy) is 1. The summed E-state index contributed by atoms with van der Waals surface area (Å²) < 4.78 is 12.0. The first kappa shape index (κ1) is 21.2. The Morgan fingerprint density at radius 2 is 2.04 bits per heavy atom. The summed E-state index contributed by atoms with van der Waals surface area (Å²) in [7, 11) is 4.04. The van der Waals surface area contributed by atoms with Gasteiger partial charge < -0.3 is 14.1 Å². The summed E-state index contributed by atoms with van der Waals surface area (Å²) in [5, 5.41) is 0.660. The van der Waals surface area contributed by atoms with E-state index in [1.165, 1.54) is 17.6 Å². The summed E-state index contributed by atoms with van der Waals surface area (Å²) in [6.45, 7) is 3.97. The van der Waals surface area contributed by atoms with Crippen LogP contribution in [0.3, 0.4) is 0 Å². The van der Waals surface area contributed by atoms with E-state index in [1.807, 2.05) is 39.2 Å². The van der Waals surface area contributed by atoms with Crippen LogP contribution in [0.2, 0.25) is 0 Å². The second-order valence-electron chi connectivity index (χ2n) is 6.12. The summed E-state index contributed by atoms with van der Waals surface area (Å²) >= 11 is 1.49. The number of carbonyl (C=O) groups is 1. The number of fused-ring (bicyclic) bond motifs is 1. The molecule has 0 fully saturated rings. The van der Waals surface area contributed by atoms with Crippen LogP contribution in [0.4, 0.5) is 5.13 Å². The van der Waals surface area contributed by atoms with Gasteiger partial charge >= 0.3 is 0 Å². The number of hydrogen-bond donors (Lipinski definition) is 0. The third kappa shape index (κ3) is 5.00. The number of para-hydroxylation sites is 1. The van der Waals surface area contributed by atoms with E-state index in [9.17, 15) is 4.79 Å². The normalized spacial score (nSPS) is 10.8. The molecule has 1 amide bonds. The van der Waals surface area contributed by atoms with Gasteiger partial charge in [0, 0.05) is 6.54 Å². The number of halogens is 1. The van der Waals surface area contributed by atoms with Crippen LogP contribution in [0.15, 0.2) is 41.0 Å². The molecule has 0 aliphatic heterocycles. The Morgan fingerprint density at radius 1 is 1.22 bits per heavy atom. The third-order valence-electron chi connectivity index (χ3n) is 3.87. The maximum Gasteiger partial charge on any atom is 0.295 e. The molecule has 2 aromatic heterocycles. The van der Waals surface area contributed by atoms with E-state index in [1.54, 1.807) is 17.0 Å². The average molecular weight is 410 g/mol. The predicted molar refractivity (Wildman–Crippen MR) is 112 cm³/mol. The minimum Gasteiger partial charge on any atom is -0.492 e. The lowest BCUT2D eigenvalue weighted by Crippen LogP contribution is -2.33. The molecule has 0 saturated heterocycles. The lowest BCUT2D eigenvalue weighted by molar-refractivity contribution is 0.0959. The molecule has 0 aliphatic carbocycles. The van der Waals surface area contributed by atoms with E-state index in [4.69, 9.17) is 14.1 Å². The minimum absolute atomic E-state index is 0. The van der Waals surface area contributed by atoms with Crippen LogP contribution in [-0.4, -0.2) is 49.6 Å². The van der Waals surface area contributed by atoms with Gasteiger partial charge in [0.05, 0.1) is 17.6 Å². The van der Waals surface area contributed by atoms with E-state index in [0.717, 1.165) is 28.9 Å². The first-order chi connectivity index (χ1) is 12.6. The molecule has 1 aromatic carbocycles. The standard InChI is InChI=1S/C19H23N3O3S.ClH/c1-4-24-14-8-5-10-16-17(14)20-19(26-16)22(12-7-11-21(2)3)18(23)15-9-6-13-25-15;/h5-6,8-10,13H,4,7,11-12H2,1-3H3;1H. The van der Waals surface area contributed by atoms with Crippen LogP contribution in [0.25, 0.3) is 10.2 Å². The molecule has 146 valence electrons. The first-order valence-electron chi connectivity index (χ1n) is 8.62. The monoisotopic (exact) mass is 409 g/mol. The maximum absolute atomic E-state index is 12.9. The Bertz CT molecular complexity index is 864. The molecule has 0 saturated carbocycles. The van der Waals surface area contributed by atoms with Gasteiger partial charge in [0.25, 0.3) is 5.91 Å². The Morgan fingerprint density at radius 3 is 2.70 bits per heavy atom. The van der Waals surface area contributed by atoms with Gasteiger partial charge in [0.15, 0.2) is 10.9 Å². The number of hydrogen-bond acceptors (Lipinski definition) is 6. The molecule has 0 unspecified atom stereocenters. The van der Waals surface area contributed by atoms with Crippen LogP contribution < -0.4 is 9.64 Å². The van der Waals surface area contributed by atoms with Crippen LogP contribution >= 0.6 is 23.7 Å². The molecule has 0 radical (unpaired) electrons. The van der Waals surface area contributed by atoms with E-state index in [-0.39, 0.29) is 18.3 Å². The summed E-state index contributed by atoms with van der Waals surface area (Å²) in [6.07, 6.45) is 2.35. The van der Waals surface area contributed by atoms with Crippen molar-refractivity contribution in [3.63, 3.8) is 0 Å². The highest BCUT2D eigenvalue weighted by Crippen LogP contribution is 2.34. The third-order valence-corrected chi connectivity index (χ3v) is 4.91. The predicted octanol–water partition coefficient (Wildman–Crippen LogP) is 4.31. The van der Waals surface area contributed by atoms with Gasteiger partial charge in [-0.15, -0.1) is 12.4 Å². The van der Waals surface area contributed by atoms with Gasteiger partial charge in [-0.2, -0.15) is 0 Å². The smallest absolute Gasteiger partial charge is 0.295 e. The van der Waals surface area contributed by atoms with Crippen molar-refractivity contribution in [2.24, 2.45) is 0 Å². The van der Waals surface area contributed by atoms with Crippen LogP contribution in [0.1, 0.15) is 23.9 Å². The Labute approximate surface area is 169 Å². The maximum atomic E-state index is 12.9. The highest BCUT2D eigenvalue weighted by Gasteiger charge is 2.23. The van der Waals surface area contributed by atoms with Gasteiger partial charge in [-0.1, -0.05) is 17.4 Å². The molecule has 8 heteroatoms. The van der Waals surface area contributed by atoms with Gasteiger partial charge in [0.1, 0.15) is 11.3 Å². The SMILES string of the molecule is CCOc1cccc2sc(N(CCCN(C)C)C(=O)c3ccco3)nc12.Cl. The van der Waals surface area contributed by atoms with Gasteiger partial charge in [-0.05, 0) is 58.3 Å². The molecule has 6 nitrogen and oxygen atoms in total. The molecular formula is C19H24ClN3O3S. The Balaban J connectivity index is 0.00000261. The van der Waals surface area contributed by atoms with Crippen molar-refractivity contribution in [2.75, 3.05) is 38.7 Å². The largest absolute Gasteiger partial charge is 0.492 e. The van der Waals surface area contributed by atoms with Gasteiger partial charge in [-0.25, -0.2) is 4.98 Å². The molecule has 0 N–H and O–H groups in total. The summed E-state index contributed by atoms with van der Waals surface area (Å²) in [5.41, 5.74) is 0.791. The number of amides is 1. The molecule has 0 atom stereocenters. The fourth-order valence-electron chi connectivity index (χ4n) is 2.66. The van der Waals surface area contributed by atoms with Crippen molar-refractivity contribution in [1.82, 2.24) is 9.88 Å². The molecular weight excluding hydrogens is 386 g/mol. The summed E-state index contributed by atoms with van der Waals surface area (Å²) in [4.78, 5) is 21.4. The number of anilines is 1. The first-order valence-corrected chi connectivity index (χ1v) is 9.44. The van der Waals surface area contributed by atoms with Crippen LogP contribution in [0, 0.1) is 0 Å². The minimum atomic E-state index is -0.175. The molecule has 0 aliphatic rings. The lowest BCUT2D eigenvalue weighted by Gasteiger charge is -2.19. The lowest BCUT2D eigenvalue weighted by atomic mass is 10.3. The number of benzene rings is 1. The number of thiazole rings is 1. The zero-order valence-electron chi connectivity index (χ0n) is 15.7. The highest BCUT2D eigenvalue weighted by molar-refractivity contribution is 7.22. The van der Waals surface area contributed by atoms with Gasteiger partial charge in [-0.3, -0.25) is 9.69 Å².